The quantitative estimate of drug-likeness (QED) is 0.753. The zero-order chi connectivity index (χ0) is 20.5. The molecule has 1 aliphatic rings. The van der Waals surface area contributed by atoms with Gasteiger partial charge in [-0.15, -0.1) is 0 Å². The zero-order valence-corrected chi connectivity index (χ0v) is 14.9. The summed E-state index contributed by atoms with van der Waals surface area (Å²) >= 11 is 0. The molecule has 1 amide bonds. The summed E-state index contributed by atoms with van der Waals surface area (Å²) in [4.78, 5) is 12.5. The van der Waals surface area contributed by atoms with Gasteiger partial charge in [-0.05, 0) is 38.3 Å². The molecule has 0 saturated carbocycles. The van der Waals surface area contributed by atoms with E-state index < -0.39 is 36.4 Å². The normalized spacial score (nSPS) is 14.8. The fourth-order valence-corrected chi connectivity index (χ4v) is 3.14. The molecule has 3 rings (SSSR count). The van der Waals surface area contributed by atoms with Gasteiger partial charge in [-0.3, -0.25) is 4.79 Å². The topological polar surface area (TPSA) is 56.1 Å². The molecule has 0 aliphatic heterocycles. The molecule has 1 atom stereocenters. The number of ether oxygens (including phenoxy) is 1. The Labute approximate surface area is 157 Å². The number of fused-ring (bicyclic) bond motifs is 1. The number of hydrogen-bond acceptors (Lipinski definition) is 3. The summed E-state index contributed by atoms with van der Waals surface area (Å²) in [6, 6.07) is 2.67. The highest BCUT2D eigenvalue weighted by Crippen LogP contribution is 2.28. The van der Waals surface area contributed by atoms with Crippen LogP contribution >= 0.6 is 0 Å². The van der Waals surface area contributed by atoms with Gasteiger partial charge in [-0.2, -0.15) is 18.3 Å². The van der Waals surface area contributed by atoms with E-state index in [1.807, 2.05) is 0 Å². The lowest BCUT2D eigenvalue weighted by Gasteiger charge is -2.14. The van der Waals surface area contributed by atoms with Crippen molar-refractivity contribution in [3.8, 4) is 5.69 Å². The Kier molecular flexibility index (Phi) is 5.69. The van der Waals surface area contributed by atoms with Gasteiger partial charge in [0.2, 0.25) is 0 Å². The van der Waals surface area contributed by atoms with Gasteiger partial charge < -0.3 is 10.1 Å². The van der Waals surface area contributed by atoms with Crippen LogP contribution < -0.4 is 5.32 Å². The van der Waals surface area contributed by atoms with E-state index in [9.17, 15) is 26.7 Å². The van der Waals surface area contributed by atoms with Crippen LogP contribution in [0.15, 0.2) is 18.2 Å². The number of carbonyl (C=O) groups excluding carboxylic acids is 1. The van der Waals surface area contributed by atoms with Crippen LogP contribution in [-0.2, 0) is 17.6 Å². The number of nitrogens with zero attached hydrogens (tertiary/aromatic N) is 2. The molecule has 152 valence electrons. The first-order chi connectivity index (χ1) is 13.2. The third kappa shape index (κ3) is 4.49. The first kappa shape index (κ1) is 20.2. The number of carbonyl (C=O) groups is 1. The van der Waals surface area contributed by atoms with E-state index in [1.165, 1.54) is 17.7 Å². The summed E-state index contributed by atoms with van der Waals surface area (Å²) in [5.41, 5.74) is 1.85. The van der Waals surface area contributed by atoms with Crippen molar-refractivity contribution in [2.75, 3.05) is 13.2 Å². The summed E-state index contributed by atoms with van der Waals surface area (Å²) < 4.78 is 69.1. The molecule has 0 radical (unpaired) electrons. The van der Waals surface area contributed by atoms with Gasteiger partial charge in [-0.1, -0.05) is 0 Å². The number of alkyl halides is 3. The van der Waals surface area contributed by atoms with Crippen molar-refractivity contribution in [3.05, 3.63) is 46.8 Å². The number of rotatable bonds is 6. The lowest BCUT2D eigenvalue weighted by Crippen LogP contribution is -2.37. The maximum Gasteiger partial charge on any atom is 0.411 e. The highest BCUT2D eigenvalue weighted by Gasteiger charge is 2.29. The van der Waals surface area contributed by atoms with Crippen molar-refractivity contribution in [2.45, 2.75) is 38.4 Å². The van der Waals surface area contributed by atoms with E-state index in [0.717, 1.165) is 24.2 Å². The van der Waals surface area contributed by atoms with Gasteiger partial charge >= 0.3 is 6.18 Å². The molecule has 1 heterocycles. The number of hydrogen-bond donors (Lipinski definition) is 1. The molecule has 0 spiro atoms. The van der Waals surface area contributed by atoms with Crippen LogP contribution in [0.2, 0.25) is 0 Å². The van der Waals surface area contributed by atoms with E-state index in [0.29, 0.717) is 18.4 Å². The molecule has 0 bridgehead atoms. The molecule has 1 N–H and O–H groups in total. The van der Waals surface area contributed by atoms with Gasteiger partial charge in [0.15, 0.2) is 17.3 Å². The molecule has 0 saturated heterocycles. The monoisotopic (exact) mass is 403 g/mol. The predicted molar refractivity (Wildman–Crippen MR) is 89.3 cm³/mol. The Balaban J connectivity index is 1.75. The average Bonchev–Trinajstić information content (AvgIpc) is 3.18. The van der Waals surface area contributed by atoms with Crippen molar-refractivity contribution in [3.63, 3.8) is 0 Å². The molecule has 5 nitrogen and oxygen atoms in total. The van der Waals surface area contributed by atoms with Crippen LogP contribution in [0.1, 0.15) is 35.1 Å². The van der Waals surface area contributed by atoms with E-state index in [4.69, 9.17) is 0 Å². The lowest BCUT2D eigenvalue weighted by atomic mass is 10.2. The Morgan fingerprint density at radius 2 is 2.04 bits per heavy atom. The molecule has 0 fully saturated rings. The number of nitrogens with one attached hydrogen (secondary N) is 1. The zero-order valence-electron chi connectivity index (χ0n) is 14.9. The minimum Gasteiger partial charge on any atom is -0.370 e. The molecule has 10 heteroatoms. The Hall–Kier alpha value is -2.49. The van der Waals surface area contributed by atoms with Crippen LogP contribution in [0.3, 0.4) is 0 Å². The fraction of sp³-hybridized carbons (Fsp3) is 0.444. The van der Waals surface area contributed by atoms with Crippen molar-refractivity contribution < 1.29 is 31.5 Å². The molecule has 1 aromatic carbocycles. The predicted octanol–water partition coefficient (Wildman–Crippen LogP) is 3.34. The second-order valence-electron chi connectivity index (χ2n) is 6.64. The van der Waals surface area contributed by atoms with Gasteiger partial charge in [0.25, 0.3) is 5.91 Å². The number of benzene rings is 1. The molecular formula is C18H18F5N3O2. The van der Waals surface area contributed by atoms with Crippen LogP contribution in [-0.4, -0.2) is 41.1 Å². The summed E-state index contributed by atoms with van der Waals surface area (Å²) in [7, 11) is 0. The third-order valence-corrected chi connectivity index (χ3v) is 4.30. The summed E-state index contributed by atoms with van der Waals surface area (Å²) in [5, 5.41) is 6.80. The van der Waals surface area contributed by atoms with Crippen LogP contribution in [0, 0.1) is 11.6 Å². The maximum atomic E-state index is 13.6. The van der Waals surface area contributed by atoms with Gasteiger partial charge in [-0.25, -0.2) is 13.5 Å². The molecule has 1 aromatic heterocycles. The second-order valence-corrected chi connectivity index (χ2v) is 6.64. The maximum absolute atomic E-state index is 13.6. The van der Waals surface area contributed by atoms with Gasteiger partial charge in [0, 0.05) is 23.4 Å². The summed E-state index contributed by atoms with van der Waals surface area (Å²) in [5.74, 6) is -2.57. The van der Waals surface area contributed by atoms with Crippen molar-refractivity contribution in [1.29, 1.82) is 0 Å². The Bertz CT molecular complexity index is 879. The first-order valence-corrected chi connectivity index (χ1v) is 8.67. The molecule has 28 heavy (non-hydrogen) atoms. The Morgan fingerprint density at radius 1 is 1.29 bits per heavy atom. The minimum atomic E-state index is -4.44. The average molecular weight is 403 g/mol. The van der Waals surface area contributed by atoms with E-state index in [2.05, 4.69) is 15.2 Å². The van der Waals surface area contributed by atoms with Crippen LogP contribution in [0.5, 0.6) is 0 Å². The highest BCUT2D eigenvalue weighted by molar-refractivity contribution is 5.94. The molecule has 1 unspecified atom stereocenters. The molecule has 1 aliphatic carbocycles. The number of aromatic nitrogens is 2. The molecule has 2 aromatic rings. The molecular weight excluding hydrogens is 385 g/mol. The SMILES string of the molecule is CC(COCC(F)(F)F)NC(=O)c1nn(-c2ccc(F)c(F)c2)c2c1CCC2. The van der Waals surface area contributed by atoms with Gasteiger partial charge in [0.1, 0.15) is 6.61 Å². The minimum absolute atomic E-state index is 0.125. The first-order valence-electron chi connectivity index (χ1n) is 8.67. The summed E-state index contributed by atoms with van der Waals surface area (Å²) in [6.07, 6.45) is -2.44. The van der Waals surface area contributed by atoms with Crippen molar-refractivity contribution in [2.24, 2.45) is 0 Å². The lowest BCUT2D eigenvalue weighted by molar-refractivity contribution is -0.174. The second kappa shape index (κ2) is 7.86. The third-order valence-electron chi connectivity index (χ3n) is 4.30. The number of halogens is 5. The standard InChI is InChI=1S/C18H18F5N3O2/c1-10(8-28-9-18(21,22)23)24-17(27)16-12-3-2-4-15(12)26(25-16)11-5-6-13(19)14(20)7-11/h5-7,10H,2-4,8-9H2,1H3,(H,24,27). The van der Waals surface area contributed by atoms with Crippen LogP contribution in [0.25, 0.3) is 5.69 Å². The fourth-order valence-electron chi connectivity index (χ4n) is 3.14. The summed E-state index contributed by atoms with van der Waals surface area (Å²) in [6.45, 7) is -0.189. The smallest absolute Gasteiger partial charge is 0.370 e. The van der Waals surface area contributed by atoms with Gasteiger partial charge in [0.05, 0.1) is 12.3 Å². The van der Waals surface area contributed by atoms with E-state index in [-0.39, 0.29) is 18.0 Å². The Morgan fingerprint density at radius 3 is 2.71 bits per heavy atom. The van der Waals surface area contributed by atoms with Crippen molar-refractivity contribution >= 4 is 5.91 Å². The number of amides is 1. The highest BCUT2D eigenvalue weighted by atomic mass is 19.4. The van der Waals surface area contributed by atoms with Crippen LogP contribution in [0.4, 0.5) is 22.0 Å². The largest absolute Gasteiger partial charge is 0.411 e. The van der Waals surface area contributed by atoms with E-state index in [1.54, 1.807) is 0 Å². The van der Waals surface area contributed by atoms with Crippen molar-refractivity contribution in [1.82, 2.24) is 15.1 Å². The van der Waals surface area contributed by atoms with E-state index >= 15 is 0 Å².